The molecule has 0 aromatic carbocycles. The van der Waals surface area contributed by atoms with Crippen molar-refractivity contribution in [1.82, 2.24) is 14.8 Å². The molecule has 1 aromatic rings. The van der Waals surface area contributed by atoms with Gasteiger partial charge in [-0.2, -0.15) is 0 Å². The van der Waals surface area contributed by atoms with Crippen LogP contribution in [0, 0.1) is 0 Å². The highest BCUT2D eigenvalue weighted by Crippen LogP contribution is 2.39. The Morgan fingerprint density at radius 2 is 2.19 bits per heavy atom. The Kier molecular flexibility index (Phi) is 2.71. The van der Waals surface area contributed by atoms with E-state index in [9.17, 15) is 4.79 Å². The summed E-state index contributed by atoms with van der Waals surface area (Å²) in [6, 6.07) is 0.594. The Morgan fingerprint density at radius 1 is 1.31 bits per heavy atom. The van der Waals surface area contributed by atoms with Gasteiger partial charge in [-0.3, -0.25) is 4.79 Å². The maximum absolute atomic E-state index is 11.7. The van der Waals surface area contributed by atoms with Crippen LogP contribution in [0.3, 0.4) is 0 Å². The van der Waals surface area contributed by atoms with Crippen molar-refractivity contribution in [3.05, 3.63) is 6.33 Å². The maximum Gasteiger partial charge on any atom is 0.191 e. The van der Waals surface area contributed by atoms with Crippen molar-refractivity contribution < 1.29 is 4.79 Å². The molecule has 3 rings (SSSR count). The fourth-order valence-electron chi connectivity index (χ4n) is 2.12. The van der Waals surface area contributed by atoms with E-state index in [4.69, 9.17) is 0 Å². The number of hydrogen-bond donors (Lipinski definition) is 0. The number of aromatic nitrogens is 3. The van der Waals surface area contributed by atoms with Crippen LogP contribution in [0.15, 0.2) is 11.5 Å². The van der Waals surface area contributed by atoms with Crippen molar-refractivity contribution in [3.63, 3.8) is 0 Å². The van der Waals surface area contributed by atoms with Crippen molar-refractivity contribution in [2.45, 2.75) is 55.0 Å². The summed E-state index contributed by atoms with van der Waals surface area (Å²) in [6.07, 6.45) is 8.23. The first-order valence-corrected chi connectivity index (χ1v) is 6.81. The summed E-state index contributed by atoms with van der Waals surface area (Å²) in [7, 11) is 0. The summed E-state index contributed by atoms with van der Waals surface area (Å²) in [5, 5.41) is 9.14. The molecule has 0 radical (unpaired) electrons. The van der Waals surface area contributed by atoms with E-state index in [-0.39, 0.29) is 5.25 Å². The summed E-state index contributed by atoms with van der Waals surface area (Å²) in [5.41, 5.74) is 0. The third-order valence-corrected chi connectivity index (χ3v) is 4.51. The lowest BCUT2D eigenvalue weighted by atomic mass is 9.99. The standard InChI is InChI=1S/C11H15N3OS/c15-9-3-1-2-4-10(9)16-11-13-12-7-14(11)8-5-6-8/h7-8,10H,1-6H2. The van der Waals surface area contributed by atoms with Crippen LogP contribution in [-0.2, 0) is 4.79 Å². The molecule has 2 aliphatic rings. The second-order valence-corrected chi connectivity index (χ2v) is 5.74. The summed E-state index contributed by atoms with van der Waals surface area (Å²) < 4.78 is 2.13. The molecule has 4 nitrogen and oxygen atoms in total. The minimum atomic E-state index is 0.121. The molecule has 16 heavy (non-hydrogen) atoms. The maximum atomic E-state index is 11.7. The van der Waals surface area contributed by atoms with Crippen molar-refractivity contribution in [2.75, 3.05) is 0 Å². The first-order chi connectivity index (χ1) is 7.84. The quantitative estimate of drug-likeness (QED) is 0.808. The van der Waals surface area contributed by atoms with Gasteiger partial charge in [-0.05, 0) is 25.7 Å². The van der Waals surface area contributed by atoms with Crippen LogP contribution in [0.1, 0.15) is 44.6 Å². The second kappa shape index (κ2) is 4.20. The smallest absolute Gasteiger partial charge is 0.191 e. The molecular weight excluding hydrogens is 222 g/mol. The summed E-state index contributed by atoms with van der Waals surface area (Å²) in [4.78, 5) is 11.7. The topological polar surface area (TPSA) is 47.8 Å². The predicted molar refractivity (Wildman–Crippen MR) is 61.4 cm³/mol. The predicted octanol–water partition coefficient (Wildman–Crippen LogP) is 2.22. The zero-order chi connectivity index (χ0) is 11.0. The Bertz CT molecular complexity index is 400. The number of ketones is 1. The zero-order valence-corrected chi connectivity index (χ0v) is 9.95. The minimum Gasteiger partial charge on any atom is -0.306 e. The molecule has 2 fully saturated rings. The third kappa shape index (κ3) is 2.00. The average Bonchev–Trinajstić information content (AvgIpc) is 3.03. The summed E-state index contributed by atoms with van der Waals surface area (Å²) in [6.45, 7) is 0. The molecule has 2 saturated carbocycles. The third-order valence-electron chi connectivity index (χ3n) is 3.23. The lowest BCUT2D eigenvalue weighted by Crippen LogP contribution is -2.21. The average molecular weight is 237 g/mol. The molecule has 2 aliphatic carbocycles. The molecule has 1 atom stereocenters. The van der Waals surface area contributed by atoms with Crippen LogP contribution >= 0.6 is 11.8 Å². The van der Waals surface area contributed by atoms with Crippen molar-refractivity contribution in [3.8, 4) is 0 Å². The number of carbonyl (C=O) groups excluding carboxylic acids is 1. The van der Waals surface area contributed by atoms with Gasteiger partial charge in [-0.1, -0.05) is 18.2 Å². The van der Waals surface area contributed by atoms with E-state index >= 15 is 0 Å². The van der Waals surface area contributed by atoms with Crippen LogP contribution in [0.5, 0.6) is 0 Å². The highest BCUT2D eigenvalue weighted by Gasteiger charge is 2.29. The van der Waals surface area contributed by atoms with Gasteiger partial charge in [-0.25, -0.2) is 0 Å². The van der Waals surface area contributed by atoms with Crippen molar-refractivity contribution in [2.24, 2.45) is 0 Å². The Hall–Kier alpha value is -0.840. The molecule has 1 aromatic heterocycles. The second-order valence-electron chi connectivity index (χ2n) is 4.57. The van der Waals surface area contributed by atoms with E-state index in [0.29, 0.717) is 11.8 Å². The van der Waals surface area contributed by atoms with E-state index in [1.54, 1.807) is 18.1 Å². The van der Waals surface area contributed by atoms with E-state index in [0.717, 1.165) is 24.4 Å². The van der Waals surface area contributed by atoms with E-state index in [2.05, 4.69) is 14.8 Å². The lowest BCUT2D eigenvalue weighted by Gasteiger charge is -2.19. The molecule has 1 unspecified atom stereocenters. The van der Waals surface area contributed by atoms with E-state index in [1.807, 2.05) is 0 Å². The molecule has 0 amide bonds. The Morgan fingerprint density at radius 3 is 2.94 bits per heavy atom. The van der Waals surface area contributed by atoms with Crippen LogP contribution in [0.2, 0.25) is 0 Å². The van der Waals surface area contributed by atoms with Crippen molar-refractivity contribution >= 4 is 17.5 Å². The number of Topliss-reactive ketones (excluding diaryl/α,β-unsaturated/α-hetero) is 1. The number of nitrogens with zero attached hydrogens (tertiary/aromatic N) is 3. The molecule has 1 heterocycles. The van der Waals surface area contributed by atoms with Crippen LogP contribution in [0.25, 0.3) is 0 Å². The Balaban J connectivity index is 1.72. The van der Waals surface area contributed by atoms with E-state index in [1.165, 1.54) is 19.3 Å². The summed E-state index contributed by atoms with van der Waals surface area (Å²) in [5.74, 6) is 0.390. The van der Waals surface area contributed by atoms with Gasteiger partial charge in [0.05, 0.1) is 5.25 Å². The van der Waals surface area contributed by atoms with E-state index < -0.39 is 0 Å². The van der Waals surface area contributed by atoms with Gasteiger partial charge in [0.2, 0.25) is 0 Å². The first-order valence-electron chi connectivity index (χ1n) is 5.93. The molecule has 0 N–H and O–H groups in total. The Labute approximate surface area is 98.8 Å². The normalized spacial score (nSPS) is 26.0. The van der Waals surface area contributed by atoms with Gasteiger partial charge >= 0.3 is 0 Å². The van der Waals surface area contributed by atoms with Gasteiger partial charge in [0.25, 0.3) is 0 Å². The first kappa shape index (κ1) is 10.3. The fourth-order valence-corrected chi connectivity index (χ4v) is 3.32. The monoisotopic (exact) mass is 237 g/mol. The summed E-state index contributed by atoms with van der Waals surface area (Å²) >= 11 is 1.61. The van der Waals surface area contributed by atoms with Crippen molar-refractivity contribution in [1.29, 1.82) is 0 Å². The van der Waals surface area contributed by atoms with Gasteiger partial charge in [-0.15, -0.1) is 10.2 Å². The van der Waals surface area contributed by atoms with Crippen LogP contribution in [0.4, 0.5) is 0 Å². The number of rotatable bonds is 3. The highest BCUT2D eigenvalue weighted by atomic mass is 32.2. The molecule has 0 bridgehead atoms. The number of hydrogen-bond acceptors (Lipinski definition) is 4. The van der Waals surface area contributed by atoms with Crippen LogP contribution < -0.4 is 0 Å². The molecule has 5 heteroatoms. The molecule has 86 valence electrons. The fraction of sp³-hybridized carbons (Fsp3) is 0.727. The SMILES string of the molecule is O=C1CCCCC1Sc1nncn1C1CC1. The van der Waals surface area contributed by atoms with Gasteiger partial charge in [0.1, 0.15) is 12.1 Å². The van der Waals surface area contributed by atoms with Crippen LogP contribution in [-0.4, -0.2) is 25.8 Å². The highest BCUT2D eigenvalue weighted by molar-refractivity contribution is 8.00. The van der Waals surface area contributed by atoms with Gasteiger partial charge in [0, 0.05) is 12.5 Å². The van der Waals surface area contributed by atoms with Gasteiger partial charge in [0.15, 0.2) is 5.16 Å². The lowest BCUT2D eigenvalue weighted by molar-refractivity contribution is -0.119. The zero-order valence-electron chi connectivity index (χ0n) is 9.13. The molecular formula is C11H15N3OS. The largest absolute Gasteiger partial charge is 0.306 e. The van der Waals surface area contributed by atoms with Gasteiger partial charge < -0.3 is 4.57 Å². The minimum absolute atomic E-state index is 0.121. The number of thioether (sulfide) groups is 1. The number of carbonyl (C=O) groups is 1. The molecule has 0 aliphatic heterocycles. The molecule has 0 saturated heterocycles. The molecule has 0 spiro atoms.